The highest BCUT2D eigenvalue weighted by atomic mass is 16.6. The van der Waals surface area contributed by atoms with Gasteiger partial charge < -0.3 is 14.5 Å². The molecule has 2 heterocycles. The van der Waals surface area contributed by atoms with E-state index in [1.165, 1.54) is 0 Å². The Morgan fingerprint density at radius 2 is 2.12 bits per heavy atom. The first-order valence-corrected chi connectivity index (χ1v) is 8.60. The fraction of sp³-hybridized carbons (Fsp3) is 0.526. The highest BCUT2D eigenvalue weighted by Gasteiger charge is 2.36. The Balaban J connectivity index is 1.71. The van der Waals surface area contributed by atoms with Crippen molar-refractivity contribution in [2.45, 2.75) is 51.8 Å². The van der Waals surface area contributed by atoms with Gasteiger partial charge in [0.05, 0.1) is 17.7 Å². The minimum Gasteiger partial charge on any atom is -0.444 e. The molecule has 2 amide bonds. The molecule has 1 aromatic carbocycles. The van der Waals surface area contributed by atoms with E-state index in [1.807, 2.05) is 25.7 Å². The van der Waals surface area contributed by atoms with E-state index in [9.17, 15) is 9.59 Å². The summed E-state index contributed by atoms with van der Waals surface area (Å²) in [6.07, 6.45) is 1.38. The van der Waals surface area contributed by atoms with Gasteiger partial charge in [-0.25, -0.2) is 4.79 Å². The van der Waals surface area contributed by atoms with Gasteiger partial charge in [0.2, 0.25) is 0 Å². The van der Waals surface area contributed by atoms with Crippen LogP contribution in [0.15, 0.2) is 18.2 Å². The second kappa shape index (κ2) is 6.40. The van der Waals surface area contributed by atoms with Crippen molar-refractivity contribution in [3.63, 3.8) is 0 Å². The largest absolute Gasteiger partial charge is 0.444 e. The second-order valence-electron chi connectivity index (χ2n) is 7.64. The highest BCUT2D eigenvalue weighted by Crippen LogP contribution is 2.29. The molecule has 1 saturated heterocycles. The Morgan fingerprint density at radius 1 is 1.36 bits per heavy atom. The fourth-order valence-electron chi connectivity index (χ4n) is 3.41. The average molecular weight is 341 g/mol. The Hall–Kier alpha value is -2.55. The molecule has 1 aromatic rings. The van der Waals surface area contributed by atoms with Gasteiger partial charge in [-0.3, -0.25) is 4.79 Å². The summed E-state index contributed by atoms with van der Waals surface area (Å²) in [5.74, 6) is -0.0180. The van der Waals surface area contributed by atoms with Crippen LogP contribution >= 0.6 is 0 Å². The van der Waals surface area contributed by atoms with Gasteiger partial charge >= 0.3 is 6.09 Å². The SMILES string of the molecule is CC(C)(C)OC(=O)N1CCCC(N2Cc3cc(C#N)ccc3C2=O)C1. The first-order chi connectivity index (χ1) is 11.8. The third-order valence-corrected chi connectivity index (χ3v) is 4.56. The quantitative estimate of drug-likeness (QED) is 0.787. The van der Waals surface area contributed by atoms with E-state index >= 15 is 0 Å². The molecule has 0 radical (unpaired) electrons. The zero-order valence-electron chi connectivity index (χ0n) is 14.9. The summed E-state index contributed by atoms with van der Waals surface area (Å²) < 4.78 is 5.45. The van der Waals surface area contributed by atoms with Gasteiger partial charge in [0, 0.05) is 25.2 Å². The van der Waals surface area contributed by atoms with Crippen molar-refractivity contribution < 1.29 is 14.3 Å². The first-order valence-electron chi connectivity index (χ1n) is 8.60. The van der Waals surface area contributed by atoms with Crippen LogP contribution < -0.4 is 0 Å². The number of carbonyl (C=O) groups excluding carboxylic acids is 2. The van der Waals surface area contributed by atoms with E-state index in [-0.39, 0.29) is 18.0 Å². The topological polar surface area (TPSA) is 73.6 Å². The fourth-order valence-corrected chi connectivity index (χ4v) is 3.41. The number of rotatable bonds is 1. The number of ether oxygens (including phenoxy) is 1. The lowest BCUT2D eigenvalue weighted by molar-refractivity contribution is 0.0106. The third-order valence-electron chi connectivity index (χ3n) is 4.56. The number of amides is 2. The number of nitrogens with zero attached hydrogens (tertiary/aromatic N) is 3. The second-order valence-corrected chi connectivity index (χ2v) is 7.64. The number of hydrogen-bond acceptors (Lipinski definition) is 4. The van der Waals surface area contributed by atoms with E-state index in [0.29, 0.717) is 30.8 Å². The Labute approximate surface area is 148 Å². The standard InChI is InChI=1S/C19H23N3O3/c1-19(2,3)25-18(24)21-8-4-5-15(12-21)22-11-14-9-13(10-20)6-7-16(14)17(22)23/h6-7,9,15H,4-5,8,11-12H2,1-3H3. The zero-order valence-corrected chi connectivity index (χ0v) is 14.9. The molecule has 0 saturated carbocycles. The number of carbonyl (C=O) groups is 2. The lowest BCUT2D eigenvalue weighted by Crippen LogP contribution is -2.50. The van der Waals surface area contributed by atoms with Gasteiger partial charge in [0.1, 0.15) is 5.60 Å². The molecule has 1 atom stereocenters. The summed E-state index contributed by atoms with van der Waals surface area (Å²) in [4.78, 5) is 28.5. The highest BCUT2D eigenvalue weighted by molar-refractivity contribution is 5.98. The molecule has 1 fully saturated rings. The summed E-state index contributed by atoms with van der Waals surface area (Å²) in [7, 11) is 0. The maximum Gasteiger partial charge on any atom is 0.410 e. The predicted molar refractivity (Wildman–Crippen MR) is 91.9 cm³/mol. The van der Waals surface area contributed by atoms with Crippen molar-refractivity contribution in [1.29, 1.82) is 5.26 Å². The lowest BCUT2D eigenvalue weighted by atomic mass is 10.0. The van der Waals surface area contributed by atoms with Crippen LogP contribution in [-0.4, -0.2) is 46.5 Å². The van der Waals surface area contributed by atoms with Gasteiger partial charge in [-0.05, 0) is 57.4 Å². The smallest absolute Gasteiger partial charge is 0.410 e. The summed E-state index contributed by atoms with van der Waals surface area (Å²) in [5.41, 5.74) is 1.58. The Kier molecular flexibility index (Phi) is 4.42. The van der Waals surface area contributed by atoms with Crippen LogP contribution in [-0.2, 0) is 11.3 Å². The molecule has 6 nitrogen and oxygen atoms in total. The number of hydrogen-bond donors (Lipinski definition) is 0. The van der Waals surface area contributed by atoms with Crippen LogP contribution in [0, 0.1) is 11.3 Å². The van der Waals surface area contributed by atoms with Crippen LogP contribution in [0.1, 0.15) is 55.1 Å². The molecule has 0 aliphatic carbocycles. The van der Waals surface area contributed by atoms with Crippen LogP contribution in [0.5, 0.6) is 0 Å². The van der Waals surface area contributed by atoms with Gasteiger partial charge in [0.25, 0.3) is 5.91 Å². The van der Waals surface area contributed by atoms with E-state index in [1.54, 1.807) is 23.1 Å². The van der Waals surface area contributed by atoms with Gasteiger partial charge in [0.15, 0.2) is 0 Å². The molecule has 25 heavy (non-hydrogen) atoms. The molecule has 1 unspecified atom stereocenters. The van der Waals surface area contributed by atoms with Crippen molar-refractivity contribution >= 4 is 12.0 Å². The number of benzene rings is 1. The Bertz CT molecular complexity index is 745. The van der Waals surface area contributed by atoms with E-state index < -0.39 is 5.60 Å². The summed E-state index contributed by atoms with van der Waals surface area (Å²) >= 11 is 0. The first kappa shape index (κ1) is 17.3. The summed E-state index contributed by atoms with van der Waals surface area (Å²) in [6, 6.07) is 7.27. The van der Waals surface area contributed by atoms with Crippen molar-refractivity contribution in [3.05, 3.63) is 34.9 Å². The predicted octanol–water partition coefficient (Wildman–Crippen LogP) is 2.91. The minimum atomic E-state index is -0.530. The van der Waals surface area contributed by atoms with Crippen LogP contribution in [0.4, 0.5) is 4.79 Å². The van der Waals surface area contributed by atoms with Crippen molar-refractivity contribution in [1.82, 2.24) is 9.80 Å². The average Bonchev–Trinajstić information content (AvgIpc) is 2.89. The number of piperidine rings is 1. The molecular weight excluding hydrogens is 318 g/mol. The monoisotopic (exact) mass is 341 g/mol. The molecule has 132 valence electrons. The molecule has 3 rings (SSSR count). The molecule has 2 aliphatic heterocycles. The normalized spacial score (nSPS) is 20.2. The lowest BCUT2D eigenvalue weighted by Gasteiger charge is -2.38. The number of nitriles is 1. The van der Waals surface area contributed by atoms with Crippen molar-refractivity contribution in [2.24, 2.45) is 0 Å². The molecule has 6 heteroatoms. The van der Waals surface area contributed by atoms with Crippen molar-refractivity contribution in [3.8, 4) is 6.07 Å². The van der Waals surface area contributed by atoms with E-state index in [0.717, 1.165) is 18.4 Å². The minimum absolute atomic E-state index is 0.0180. The molecular formula is C19H23N3O3. The van der Waals surface area contributed by atoms with Crippen molar-refractivity contribution in [2.75, 3.05) is 13.1 Å². The van der Waals surface area contributed by atoms with Crippen LogP contribution in [0.2, 0.25) is 0 Å². The van der Waals surface area contributed by atoms with Gasteiger partial charge in [-0.1, -0.05) is 0 Å². The third kappa shape index (κ3) is 3.60. The van der Waals surface area contributed by atoms with E-state index in [2.05, 4.69) is 6.07 Å². The van der Waals surface area contributed by atoms with Gasteiger partial charge in [-0.2, -0.15) is 5.26 Å². The molecule has 2 aliphatic rings. The van der Waals surface area contributed by atoms with Crippen LogP contribution in [0.3, 0.4) is 0 Å². The van der Waals surface area contributed by atoms with Gasteiger partial charge in [-0.15, -0.1) is 0 Å². The summed E-state index contributed by atoms with van der Waals surface area (Å²) in [5, 5.41) is 9.03. The van der Waals surface area contributed by atoms with E-state index in [4.69, 9.17) is 10.00 Å². The molecule has 0 bridgehead atoms. The number of fused-ring (bicyclic) bond motifs is 1. The van der Waals surface area contributed by atoms with Crippen LogP contribution in [0.25, 0.3) is 0 Å². The zero-order chi connectivity index (χ0) is 18.2. The molecule has 0 spiro atoms. The Morgan fingerprint density at radius 3 is 2.80 bits per heavy atom. The molecule has 0 N–H and O–H groups in total. The maximum atomic E-state index is 12.7. The molecule has 0 aromatic heterocycles. The number of likely N-dealkylation sites (tertiary alicyclic amines) is 1. The summed E-state index contributed by atoms with van der Waals surface area (Å²) in [6.45, 7) is 7.18. The maximum absolute atomic E-state index is 12.7.